The van der Waals surface area contributed by atoms with E-state index in [2.05, 4.69) is 4.98 Å². The molecule has 3 saturated heterocycles. The van der Waals surface area contributed by atoms with E-state index in [0.717, 1.165) is 25.7 Å². The van der Waals surface area contributed by atoms with Gasteiger partial charge < -0.3 is 19.3 Å². The molecule has 3 aliphatic heterocycles. The van der Waals surface area contributed by atoms with Crippen LogP contribution in [0, 0.1) is 5.92 Å². The van der Waals surface area contributed by atoms with Gasteiger partial charge in [0.15, 0.2) is 0 Å². The van der Waals surface area contributed by atoms with Gasteiger partial charge in [-0.3, -0.25) is 14.6 Å². The summed E-state index contributed by atoms with van der Waals surface area (Å²) in [6.07, 6.45) is 7.42. The fraction of sp³-hybridized carbons (Fsp3) is 0.667. The number of amides is 2. The molecule has 0 aromatic carbocycles. The highest BCUT2D eigenvalue weighted by Gasteiger charge is 2.42. The predicted molar refractivity (Wildman–Crippen MR) is 103 cm³/mol. The zero-order valence-corrected chi connectivity index (χ0v) is 16.3. The molecular weight excluding hydrogens is 358 g/mol. The second-order valence-electron chi connectivity index (χ2n) is 8.12. The van der Waals surface area contributed by atoms with Crippen molar-refractivity contribution in [3.8, 4) is 0 Å². The smallest absolute Gasteiger partial charge is 0.255 e. The number of hydrogen-bond donors (Lipinski definition) is 0. The number of pyridine rings is 1. The molecule has 3 aliphatic rings. The van der Waals surface area contributed by atoms with E-state index in [1.54, 1.807) is 18.5 Å². The molecule has 1 unspecified atom stereocenters. The first kappa shape index (κ1) is 19.3. The monoisotopic (exact) mass is 387 g/mol. The Morgan fingerprint density at radius 3 is 2.61 bits per heavy atom. The van der Waals surface area contributed by atoms with Gasteiger partial charge in [0.25, 0.3) is 5.91 Å². The summed E-state index contributed by atoms with van der Waals surface area (Å²) in [5, 5.41) is 0. The summed E-state index contributed by atoms with van der Waals surface area (Å²) in [5.41, 5.74) is 0.455. The maximum Gasteiger partial charge on any atom is 0.255 e. The highest BCUT2D eigenvalue weighted by Crippen LogP contribution is 2.39. The lowest BCUT2D eigenvalue weighted by atomic mass is 9.78. The molecule has 0 radical (unpaired) electrons. The number of ether oxygens (including phenoxy) is 2. The molecule has 152 valence electrons. The van der Waals surface area contributed by atoms with Crippen molar-refractivity contribution >= 4 is 11.8 Å². The van der Waals surface area contributed by atoms with Gasteiger partial charge in [-0.15, -0.1) is 0 Å². The van der Waals surface area contributed by atoms with Gasteiger partial charge in [0, 0.05) is 51.6 Å². The first-order valence-corrected chi connectivity index (χ1v) is 10.3. The molecule has 7 heteroatoms. The number of piperidine rings is 1. The minimum absolute atomic E-state index is 0.0396. The van der Waals surface area contributed by atoms with Gasteiger partial charge in [0.2, 0.25) is 5.91 Å². The van der Waals surface area contributed by atoms with Crippen molar-refractivity contribution in [2.45, 2.75) is 37.7 Å². The van der Waals surface area contributed by atoms with Gasteiger partial charge in [0.05, 0.1) is 24.4 Å². The Labute approximate surface area is 166 Å². The molecule has 1 atom stereocenters. The highest BCUT2D eigenvalue weighted by atomic mass is 16.5. The molecule has 28 heavy (non-hydrogen) atoms. The quantitative estimate of drug-likeness (QED) is 0.790. The third kappa shape index (κ3) is 4.36. The van der Waals surface area contributed by atoms with Gasteiger partial charge in [-0.1, -0.05) is 0 Å². The van der Waals surface area contributed by atoms with Crippen molar-refractivity contribution in [1.29, 1.82) is 0 Å². The Morgan fingerprint density at radius 2 is 1.89 bits per heavy atom. The zero-order chi connectivity index (χ0) is 19.4. The normalized spacial score (nSPS) is 24.9. The van der Waals surface area contributed by atoms with Crippen LogP contribution in [0.5, 0.6) is 0 Å². The number of carbonyl (C=O) groups is 2. The van der Waals surface area contributed by atoms with Crippen LogP contribution in [0.1, 0.15) is 42.5 Å². The first-order chi connectivity index (χ1) is 13.7. The van der Waals surface area contributed by atoms with Gasteiger partial charge in [-0.2, -0.15) is 0 Å². The van der Waals surface area contributed by atoms with Crippen molar-refractivity contribution in [3.05, 3.63) is 30.1 Å². The highest BCUT2D eigenvalue weighted by molar-refractivity contribution is 5.93. The second-order valence-corrected chi connectivity index (χ2v) is 8.12. The van der Waals surface area contributed by atoms with Crippen LogP contribution in [0.2, 0.25) is 0 Å². The Bertz CT molecular complexity index is 682. The number of likely N-dealkylation sites (tertiary alicyclic amines) is 1. The van der Waals surface area contributed by atoms with E-state index in [-0.39, 0.29) is 17.4 Å². The predicted octanol–water partition coefficient (Wildman–Crippen LogP) is 1.73. The van der Waals surface area contributed by atoms with Crippen LogP contribution < -0.4 is 0 Å². The minimum atomic E-state index is -0.181. The van der Waals surface area contributed by atoms with Crippen LogP contribution in [-0.4, -0.2) is 78.2 Å². The van der Waals surface area contributed by atoms with Gasteiger partial charge in [0.1, 0.15) is 0 Å². The molecule has 0 aliphatic carbocycles. The lowest BCUT2D eigenvalue weighted by Crippen LogP contribution is -2.51. The number of rotatable bonds is 3. The minimum Gasteiger partial charge on any atom is -0.378 e. The van der Waals surface area contributed by atoms with E-state index in [1.165, 1.54) is 0 Å². The Balaban J connectivity index is 1.31. The molecule has 2 amide bonds. The average molecular weight is 387 g/mol. The molecule has 1 aromatic heterocycles. The van der Waals surface area contributed by atoms with Crippen LogP contribution in [-0.2, 0) is 14.3 Å². The molecule has 4 heterocycles. The molecule has 0 saturated carbocycles. The van der Waals surface area contributed by atoms with E-state index in [9.17, 15) is 9.59 Å². The van der Waals surface area contributed by atoms with Crippen LogP contribution in [0.3, 0.4) is 0 Å². The van der Waals surface area contributed by atoms with E-state index >= 15 is 0 Å². The largest absolute Gasteiger partial charge is 0.378 e. The summed E-state index contributed by atoms with van der Waals surface area (Å²) in [6, 6.07) is 3.60. The van der Waals surface area contributed by atoms with Gasteiger partial charge in [-0.25, -0.2) is 0 Å². The SMILES string of the molecule is O=C(CC1CCOC2(CCN(C(=O)c3cccnc3)CC2)C1)N1CCOCC1. The zero-order valence-electron chi connectivity index (χ0n) is 16.3. The third-order valence-corrected chi connectivity index (χ3v) is 6.29. The average Bonchev–Trinajstić information content (AvgIpc) is 2.75. The number of morpholine rings is 1. The number of nitrogens with zero attached hydrogens (tertiary/aromatic N) is 3. The fourth-order valence-corrected chi connectivity index (χ4v) is 4.63. The van der Waals surface area contributed by atoms with Crippen molar-refractivity contribution < 1.29 is 19.1 Å². The second kappa shape index (κ2) is 8.57. The molecule has 7 nitrogen and oxygen atoms in total. The number of carbonyl (C=O) groups excluding carboxylic acids is 2. The van der Waals surface area contributed by atoms with E-state index in [4.69, 9.17) is 9.47 Å². The number of hydrogen-bond acceptors (Lipinski definition) is 5. The summed E-state index contributed by atoms with van der Waals surface area (Å²) in [4.78, 5) is 33.1. The molecule has 3 fully saturated rings. The summed E-state index contributed by atoms with van der Waals surface area (Å²) < 4.78 is 11.5. The molecule has 0 N–H and O–H groups in total. The summed E-state index contributed by atoms with van der Waals surface area (Å²) >= 11 is 0. The maximum atomic E-state index is 12.6. The summed E-state index contributed by atoms with van der Waals surface area (Å²) in [6.45, 7) is 4.79. The maximum absolute atomic E-state index is 12.6. The van der Waals surface area contributed by atoms with E-state index < -0.39 is 0 Å². The van der Waals surface area contributed by atoms with Crippen LogP contribution in [0.4, 0.5) is 0 Å². The topological polar surface area (TPSA) is 72.0 Å². The van der Waals surface area contributed by atoms with Gasteiger partial charge in [-0.05, 0) is 43.7 Å². The Kier molecular flexibility index (Phi) is 5.92. The van der Waals surface area contributed by atoms with Crippen molar-refractivity contribution in [3.63, 3.8) is 0 Å². The van der Waals surface area contributed by atoms with Crippen LogP contribution >= 0.6 is 0 Å². The Hall–Kier alpha value is -1.99. The van der Waals surface area contributed by atoms with Crippen molar-refractivity contribution in [1.82, 2.24) is 14.8 Å². The fourth-order valence-electron chi connectivity index (χ4n) is 4.63. The summed E-state index contributed by atoms with van der Waals surface area (Å²) in [5.74, 6) is 0.650. The lowest BCUT2D eigenvalue weighted by molar-refractivity contribution is -0.143. The van der Waals surface area contributed by atoms with E-state index in [0.29, 0.717) is 63.9 Å². The first-order valence-electron chi connectivity index (χ1n) is 10.3. The molecular formula is C21H29N3O4. The Morgan fingerprint density at radius 1 is 1.11 bits per heavy atom. The van der Waals surface area contributed by atoms with E-state index in [1.807, 2.05) is 15.9 Å². The molecule has 0 bridgehead atoms. The molecule has 1 spiro atoms. The third-order valence-electron chi connectivity index (χ3n) is 6.29. The molecule has 1 aromatic rings. The van der Waals surface area contributed by atoms with Crippen LogP contribution in [0.25, 0.3) is 0 Å². The molecule has 4 rings (SSSR count). The number of aromatic nitrogens is 1. The van der Waals surface area contributed by atoms with Crippen molar-refractivity contribution in [2.75, 3.05) is 46.0 Å². The van der Waals surface area contributed by atoms with Crippen molar-refractivity contribution in [2.24, 2.45) is 5.92 Å². The standard InChI is InChI=1S/C21H29N3O4/c25-19(23-9-12-27-13-10-23)14-17-3-11-28-21(15-17)4-7-24(8-5-21)20(26)18-2-1-6-22-16-18/h1-2,6,16-17H,3-5,7-15H2. The van der Waals surface area contributed by atoms with Gasteiger partial charge >= 0.3 is 0 Å². The lowest BCUT2D eigenvalue weighted by Gasteiger charge is -2.46. The summed E-state index contributed by atoms with van der Waals surface area (Å²) in [7, 11) is 0. The van der Waals surface area contributed by atoms with Crippen LogP contribution in [0.15, 0.2) is 24.5 Å².